The molecule has 0 aromatic carbocycles. The van der Waals surface area contributed by atoms with Gasteiger partial charge in [0.1, 0.15) is 0 Å². The smallest absolute Gasteiger partial charge is 0.314 e. The highest BCUT2D eigenvalue weighted by Crippen LogP contribution is 2.35. The summed E-state index contributed by atoms with van der Waals surface area (Å²) in [5.74, 6) is 0.695. The molecule has 1 N–H and O–H groups in total. The second-order valence-corrected chi connectivity index (χ2v) is 4.77. The maximum absolute atomic E-state index is 11.2. The number of aliphatic hydroxyl groups excluding tert-OH is 1. The number of nitro groups is 1. The minimum absolute atomic E-state index is 0.00601. The summed E-state index contributed by atoms with van der Waals surface area (Å²) in [5.41, 5.74) is 0.645. The molecule has 1 aromatic heterocycles. The molecule has 2 atom stereocenters. The Bertz CT molecular complexity index is 464. The lowest BCUT2D eigenvalue weighted by atomic mass is 10.0. The molecule has 6 heteroatoms. The van der Waals surface area contributed by atoms with Crippen LogP contribution in [-0.2, 0) is 0 Å². The first-order chi connectivity index (χ1) is 8.56. The summed E-state index contributed by atoms with van der Waals surface area (Å²) >= 11 is 0. The van der Waals surface area contributed by atoms with Crippen LogP contribution in [0.3, 0.4) is 0 Å². The van der Waals surface area contributed by atoms with Crippen LogP contribution in [0.2, 0.25) is 0 Å². The first-order valence-electron chi connectivity index (χ1n) is 6.03. The van der Waals surface area contributed by atoms with Crippen LogP contribution in [0.25, 0.3) is 0 Å². The van der Waals surface area contributed by atoms with Gasteiger partial charge in [-0.2, -0.15) is 0 Å². The van der Waals surface area contributed by atoms with Gasteiger partial charge in [-0.15, -0.1) is 0 Å². The molecule has 1 aliphatic heterocycles. The molecule has 18 heavy (non-hydrogen) atoms. The summed E-state index contributed by atoms with van der Waals surface area (Å²) in [6, 6.07) is 1.55. The van der Waals surface area contributed by atoms with Crippen molar-refractivity contribution in [3.05, 3.63) is 27.9 Å². The van der Waals surface area contributed by atoms with Crippen molar-refractivity contribution >= 4 is 11.5 Å². The molecule has 0 bridgehead atoms. The SMILES string of the molecule is Cc1ccnc(N2CCC(C)C2CO)c1[N+](=O)[O-]. The van der Waals surface area contributed by atoms with Gasteiger partial charge < -0.3 is 10.0 Å². The number of rotatable bonds is 3. The van der Waals surface area contributed by atoms with E-state index in [9.17, 15) is 15.2 Å². The maximum atomic E-state index is 11.2. The van der Waals surface area contributed by atoms with Gasteiger partial charge in [-0.05, 0) is 25.3 Å². The van der Waals surface area contributed by atoms with Crippen LogP contribution in [0.5, 0.6) is 0 Å². The van der Waals surface area contributed by atoms with Crippen molar-refractivity contribution < 1.29 is 10.0 Å². The lowest BCUT2D eigenvalue weighted by Gasteiger charge is -2.26. The molecule has 6 nitrogen and oxygen atoms in total. The van der Waals surface area contributed by atoms with Crippen molar-refractivity contribution in [3.63, 3.8) is 0 Å². The van der Waals surface area contributed by atoms with Crippen molar-refractivity contribution in [1.29, 1.82) is 0 Å². The number of aryl methyl sites for hydroxylation is 1. The fraction of sp³-hybridized carbons (Fsp3) is 0.583. The van der Waals surface area contributed by atoms with E-state index in [1.165, 1.54) is 0 Å². The number of hydrogen-bond donors (Lipinski definition) is 1. The van der Waals surface area contributed by atoms with Gasteiger partial charge in [0.2, 0.25) is 5.82 Å². The lowest BCUT2D eigenvalue weighted by Crippen LogP contribution is -2.36. The molecule has 2 unspecified atom stereocenters. The Morgan fingerprint density at radius 2 is 2.39 bits per heavy atom. The minimum Gasteiger partial charge on any atom is -0.394 e. The standard InChI is InChI=1S/C12H17N3O3/c1-8-4-6-14(10(8)7-16)12-11(15(17)18)9(2)3-5-13-12/h3,5,8,10,16H,4,6-7H2,1-2H3. The molecule has 2 heterocycles. The van der Waals surface area contributed by atoms with Gasteiger partial charge in [-0.25, -0.2) is 4.98 Å². The molecule has 98 valence electrons. The highest BCUT2D eigenvalue weighted by Gasteiger charge is 2.35. The average Bonchev–Trinajstić information content (AvgIpc) is 2.69. The predicted octanol–water partition coefficient (Wildman–Crippen LogP) is 1.51. The van der Waals surface area contributed by atoms with E-state index in [-0.39, 0.29) is 18.3 Å². The first-order valence-corrected chi connectivity index (χ1v) is 6.03. The molecule has 1 fully saturated rings. The Kier molecular flexibility index (Phi) is 3.47. The molecular formula is C12H17N3O3. The number of pyridine rings is 1. The summed E-state index contributed by atoms with van der Waals surface area (Å²) in [4.78, 5) is 16.8. The third kappa shape index (κ3) is 2.03. The largest absolute Gasteiger partial charge is 0.394 e. The van der Waals surface area contributed by atoms with E-state index in [1.807, 2.05) is 11.8 Å². The Morgan fingerprint density at radius 3 is 3.00 bits per heavy atom. The predicted molar refractivity (Wildman–Crippen MR) is 67.6 cm³/mol. The molecule has 0 spiro atoms. The Morgan fingerprint density at radius 1 is 1.67 bits per heavy atom. The summed E-state index contributed by atoms with van der Waals surface area (Å²) < 4.78 is 0. The van der Waals surface area contributed by atoms with E-state index in [0.29, 0.717) is 23.8 Å². The van der Waals surface area contributed by atoms with Crippen molar-refractivity contribution in [2.75, 3.05) is 18.1 Å². The van der Waals surface area contributed by atoms with Gasteiger partial charge >= 0.3 is 5.69 Å². The third-order valence-corrected chi connectivity index (χ3v) is 3.63. The van der Waals surface area contributed by atoms with Crippen molar-refractivity contribution in [3.8, 4) is 0 Å². The van der Waals surface area contributed by atoms with E-state index in [4.69, 9.17) is 0 Å². The van der Waals surface area contributed by atoms with E-state index in [0.717, 1.165) is 6.42 Å². The van der Waals surface area contributed by atoms with Crippen LogP contribution in [0.4, 0.5) is 11.5 Å². The zero-order valence-corrected chi connectivity index (χ0v) is 10.5. The lowest BCUT2D eigenvalue weighted by molar-refractivity contribution is -0.384. The van der Waals surface area contributed by atoms with Gasteiger partial charge in [0.25, 0.3) is 0 Å². The van der Waals surface area contributed by atoms with Gasteiger partial charge in [-0.1, -0.05) is 6.92 Å². The number of aliphatic hydroxyl groups is 1. The molecule has 0 saturated carbocycles. The molecule has 2 rings (SSSR count). The zero-order valence-electron chi connectivity index (χ0n) is 10.5. The van der Waals surface area contributed by atoms with Crippen molar-refractivity contribution in [1.82, 2.24) is 4.98 Å². The van der Waals surface area contributed by atoms with Crippen LogP contribution >= 0.6 is 0 Å². The monoisotopic (exact) mass is 251 g/mol. The fourth-order valence-electron chi connectivity index (χ4n) is 2.52. The number of anilines is 1. The Labute approximate surface area is 105 Å². The Hall–Kier alpha value is -1.69. The quantitative estimate of drug-likeness (QED) is 0.650. The van der Waals surface area contributed by atoms with Crippen LogP contribution in [-0.4, -0.2) is 34.2 Å². The second kappa shape index (κ2) is 4.89. The molecule has 1 saturated heterocycles. The van der Waals surface area contributed by atoms with Crippen LogP contribution < -0.4 is 4.90 Å². The van der Waals surface area contributed by atoms with Crippen molar-refractivity contribution in [2.24, 2.45) is 5.92 Å². The number of nitrogens with zero attached hydrogens (tertiary/aromatic N) is 3. The molecule has 0 amide bonds. The number of hydrogen-bond acceptors (Lipinski definition) is 5. The van der Waals surface area contributed by atoms with E-state index >= 15 is 0 Å². The zero-order chi connectivity index (χ0) is 13.3. The molecule has 1 aromatic rings. The average molecular weight is 251 g/mol. The fourth-order valence-corrected chi connectivity index (χ4v) is 2.52. The summed E-state index contributed by atoms with van der Waals surface area (Å²) in [6.07, 6.45) is 2.49. The molecule has 0 radical (unpaired) electrons. The third-order valence-electron chi connectivity index (χ3n) is 3.63. The van der Waals surface area contributed by atoms with Gasteiger partial charge in [0, 0.05) is 18.3 Å². The molecule has 1 aliphatic rings. The molecule has 0 aliphatic carbocycles. The second-order valence-electron chi connectivity index (χ2n) is 4.77. The van der Waals surface area contributed by atoms with Crippen LogP contribution in [0, 0.1) is 23.0 Å². The first kappa shape index (κ1) is 12.8. The minimum atomic E-state index is -0.394. The topological polar surface area (TPSA) is 79.5 Å². The maximum Gasteiger partial charge on any atom is 0.314 e. The Balaban J connectivity index is 2.45. The van der Waals surface area contributed by atoms with E-state index in [2.05, 4.69) is 4.98 Å². The summed E-state index contributed by atoms with van der Waals surface area (Å²) in [5, 5.41) is 20.6. The highest BCUT2D eigenvalue weighted by molar-refractivity contribution is 5.62. The number of aromatic nitrogens is 1. The van der Waals surface area contributed by atoms with Crippen LogP contribution in [0.1, 0.15) is 18.9 Å². The molecular weight excluding hydrogens is 234 g/mol. The van der Waals surface area contributed by atoms with Crippen LogP contribution in [0.15, 0.2) is 12.3 Å². The summed E-state index contributed by atoms with van der Waals surface area (Å²) in [6.45, 7) is 4.44. The highest BCUT2D eigenvalue weighted by atomic mass is 16.6. The normalized spacial score (nSPS) is 23.4. The van der Waals surface area contributed by atoms with Gasteiger partial charge in [-0.3, -0.25) is 10.1 Å². The van der Waals surface area contributed by atoms with E-state index < -0.39 is 4.92 Å². The van der Waals surface area contributed by atoms with Crippen molar-refractivity contribution in [2.45, 2.75) is 26.3 Å². The van der Waals surface area contributed by atoms with Gasteiger partial charge in [0.05, 0.1) is 17.6 Å². The van der Waals surface area contributed by atoms with Gasteiger partial charge in [0.15, 0.2) is 0 Å². The van der Waals surface area contributed by atoms with E-state index in [1.54, 1.807) is 19.2 Å². The summed E-state index contributed by atoms with van der Waals surface area (Å²) in [7, 11) is 0.